The summed E-state index contributed by atoms with van der Waals surface area (Å²) in [6.07, 6.45) is -0.639. The van der Waals surface area contributed by atoms with E-state index in [2.05, 4.69) is 29.7 Å². The molecule has 3 rings (SSSR count). The summed E-state index contributed by atoms with van der Waals surface area (Å²) in [5, 5.41) is 1.08. The molecule has 0 atom stereocenters. The van der Waals surface area contributed by atoms with Crippen LogP contribution in [0.4, 0.5) is 9.59 Å². The number of hydrogen-bond donors (Lipinski definition) is 1. The highest BCUT2D eigenvalue weighted by Gasteiger charge is 2.29. The Morgan fingerprint density at radius 3 is 2.13 bits per heavy atom. The van der Waals surface area contributed by atoms with Crippen LogP contribution in [0.25, 0.3) is 11.1 Å². The molecular weight excluding hydrogens is 407 g/mol. The van der Waals surface area contributed by atoms with Crippen LogP contribution in [0.1, 0.15) is 17.0 Å². The van der Waals surface area contributed by atoms with Crippen LogP contribution in [-0.4, -0.2) is 28.7 Å². The summed E-state index contributed by atoms with van der Waals surface area (Å²) in [6, 6.07) is 16.3. The Bertz CT molecular complexity index is 718. The molecule has 0 heterocycles. The Hall–Kier alpha value is -2.09. The van der Waals surface area contributed by atoms with Gasteiger partial charge in [-0.2, -0.15) is 0 Å². The first-order valence-corrected chi connectivity index (χ1v) is 8.20. The van der Waals surface area contributed by atoms with Gasteiger partial charge in [-0.05, 0) is 22.3 Å². The van der Waals surface area contributed by atoms with Gasteiger partial charge in [-0.1, -0.05) is 48.5 Å². The first kappa shape index (κ1) is 15.8. The Kier molecular flexibility index (Phi) is 4.51. The standard InChI is InChI=1S/C17H15IN2O3/c1-20(16(18)21)19-17(22)23-10-15-13-8-4-2-6-11(13)12-7-3-5-9-14(12)15/h2-9,15H,10H2,1H3,(H,19,22). The summed E-state index contributed by atoms with van der Waals surface area (Å²) in [7, 11) is 1.47. The molecule has 6 heteroatoms. The molecule has 0 aliphatic heterocycles. The third-order valence-corrected chi connectivity index (χ3v) is 4.59. The van der Waals surface area contributed by atoms with Crippen LogP contribution < -0.4 is 5.43 Å². The molecule has 2 amide bonds. The van der Waals surface area contributed by atoms with Gasteiger partial charge >= 0.3 is 10.0 Å². The van der Waals surface area contributed by atoms with Crippen molar-refractivity contribution in [2.75, 3.05) is 13.7 Å². The first-order chi connectivity index (χ1) is 11.1. The van der Waals surface area contributed by atoms with E-state index in [4.69, 9.17) is 4.74 Å². The summed E-state index contributed by atoms with van der Waals surface area (Å²) in [5.41, 5.74) is 7.03. The molecule has 0 fully saturated rings. The van der Waals surface area contributed by atoms with Gasteiger partial charge in [-0.15, -0.1) is 0 Å². The Balaban J connectivity index is 1.76. The van der Waals surface area contributed by atoms with Gasteiger partial charge in [0.2, 0.25) is 0 Å². The van der Waals surface area contributed by atoms with Gasteiger partial charge in [-0.3, -0.25) is 4.79 Å². The van der Waals surface area contributed by atoms with E-state index < -0.39 is 6.09 Å². The van der Waals surface area contributed by atoms with Crippen LogP contribution in [0.3, 0.4) is 0 Å². The first-order valence-electron chi connectivity index (χ1n) is 7.12. The maximum absolute atomic E-state index is 11.8. The Morgan fingerprint density at radius 2 is 1.61 bits per heavy atom. The summed E-state index contributed by atoms with van der Waals surface area (Å²) in [5.74, 6) is 0.00811. The van der Waals surface area contributed by atoms with Crippen molar-refractivity contribution in [1.82, 2.24) is 10.4 Å². The van der Waals surface area contributed by atoms with E-state index >= 15 is 0 Å². The number of amides is 2. The minimum Gasteiger partial charge on any atom is -0.447 e. The molecule has 0 unspecified atom stereocenters. The molecule has 1 N–H and O–H groups in total. The molecule has 1 aliphatic rings. The molecule has 2 aromatic rings. The van der Waals surface area contributed by atoms with Crippen LogP contribution in [0, 0.1) is 0 Å². The molecule has 2 aromatic carbocycles. The van der Waals surface area contributed by atoms with E-state index in [9.17, 15) is 9.59 Å². The molecule has 0 aromatic heterocycles. The summed E-state index contributed by atoms with van der Waals surface area (Å²) < 4.78 is 5.02. The molecule has 23 heavy (non-hydrogen) atoms. The highest BCUT2D eigenvalue weighted by molar-refractivity contribution is 14.1. The second kappa shape index (κ2) is 6.57. The van der Waals surface area contributed by atoms with E-state index in [1.807, 2.05) is 24.3 Å². The fourth-order valence-electron chi connectivity index (χ4n) is 2.81. The van der Waals surface area contributed by atoms with Crippen molar-refractivity contribution < 1.29 is 14.3 Å². The van der Waals surface area contributed by atoms with Crippen LogP contribution in [0.5, 0.6) is 0 Å². The predicted octanol–water partition coefficient (Wildman–Crippen LogP) is 3.93. The lowest BCUT2D eigenvalue weighted by Crippen LogP contribution is -2.41. The number of hydrogen-bond acceptors (Lipinski definition) is 3. The van der Waals surface area contributed by atoms with Crippen molar-refractivity contribution in [2.45, 2.75) is 5.92 Å². The smallest absolute Gasteiger partial charge is 0.426 e. The lowest BCUT2D eigenvalue weighted by atomic mass is 9.98. The molecule has 5 nitrogen and oxygen atoms in total. The SMILES string of the molecule is CN(NC(=O)OCC1c2ccccc2-c2ccccc21)C(=O)I. The zero-order valence-electron chi connectivity index (χ0n) is 12.5. The van der Waals surface area contributed by atoms with E-state index in [0.29, 0.717) is 0 Å². The molecule has 0 saturated carbocycles. The number of rotatable bonds is 2. The van der Waals surface area contributed by atoms with Crippen molar-refractivity contribution in [2.24, 2.45) is 0 Å². The molecule has 0 saturated heterocycles. The highest BCUT2D eigenvalue weighted by atomic mass is 127. The number of carbonyl (C=O) groups is 2. The number of carbonyl (C=O) groups excluding carboxylic acids is 2. The predicted molar refractivity (Wildman–Crippen MR) is 95.4 cm³/mol. The van der Waals surface area contributed by atoms with Crippen LogP contribution >= 0.6 is 22.6 Å². The largest absolute Gasteiger partial charge is 0.447 e. The quantitative estimate of drug-likeness (QED) is 0.346. The summed E-state index contributed by atoms with van der Waals surface area (Å²) in [4.78, 5) is 22.9. The van der Waals surface area contributed by atoms with Crippen molar-refractivity contribution in [1.29, 1.82) is 0 Å². The van der Waals surface area contributed by atoms with Crippen molar-refractivity contribution in [3.8, 4) is 11.1 Å². The van der Waals surface area contributed by atoms with Gasteiger partial charge in [0, 0.05) is 35.6 Å². The van der Waals surface area contributed by atoms with Crippen molar-refractivity contribution in [3.05, 3.63) is 59.7 Å². The van der Waals surface area contributed by atoms with Crippen LogP contribution in [-0.2, 0) is 4.74 Å². The number of hydrazine groups is 1. The van der Waals surface area contributed by atoms with Gasteiger partial charge in [0.1, 0.15) is 6.61 Å². The summed E-state index contributed by atoms with van der Waals surface area (Å²) >= 11 is 1.59. The second-order valence-electron chi connectivity index (χ2n) is 5.25. The van der Waals surface area contributed by atoms with Gasteiger partial charge in [0.15, 0.2) is 0 Å². The normalized spacial score (nSPS) is 12.3. The lowest BCUT2D eigenvalue weighted by molar-refractivity contribution is 0.121. The van der Waals surface area contributed by atoms with Crippen molar-refractivity contribution >= 4 is 32.6 Å². The maximum Gasteiger partial charge on any atom is 0.426 e. The van der Waals surface area contributed by atoms with Gasteiger partial charge in [0.05, 0.1) is 0 Å². The van der Waals surface area contributed by atoms with Gasteiger partial charge < -0.3 is 4.74 Å². The number of halogens is 1. The lowest BCUT2D eigenvalue weighted by Gasteiger charge is -2.17. The molecule has 1 aliphatic carbocycles. The molecule has 0 bridgehead atoms. The molecule has 118 valence electrons. The number of fused-ring (bicyclic) bond motifs is 3. The topological polar surface area (TPSA) is 58.6 Å². The van der Waals surface area contributed by atoms with E-state index in [-0.39, 0.29) is 16.4 Å². The fourth-order valence-corrected chi connectivity index (χ4v) is 2.93. The monoisotopic (exact) mass is 422 g/mol. The van der Waals surface area contributed by atoms with Crippen LogP contribution in [0.15, 0.2) is 48.5 Å². The molecule has 0 radical (unpaired) electrons. The van der Waals surface area contributed by atoms with Crippen LogP contribution in [0.2, 0.25) is 0 Å². The fraction of sp³-hybridized carbons (Fsp3) is 0.176. The average molecular weight is 422 g/mol. The van der Waals surface area contributed by atoms with Gasteiger partial charge in [0.25, 0.3) is 0 Å². The highest BCUT2D eigenvalue weighted by Crippen LogP contribution is 2.44. The Labute approximate surface area is 147 Å². The van der Waals surface area contributed by atoms with E-state index in [1.165, 1.54) is 18.2 Å². The van der Waals surface area contributed by atoms with E-state index in [1.54, 1.807) is 22.6 Å². The summed E-state index contributed by atoms with van der Waals surface area (Å²) in [6.45, 7) is 0.225. The zero-order valence-corrected chi connectivity index (χ0v) is 14.6. The molecular formula is C17H15IN2O3. The van der Waals surface area contributed by atoms with Gasteiger partial charge in [-0.25, -0.2) is 15.2 Å². The van der Waals surface area contributed by atoms with E-state index in [0.717, 1.165) is 16.1 Å². The minimum absolute atomic E-state index is 0.00811. The minimum atomic E-state index is -0.639. The molecule has 0 spiro atoms. The zero-order chi connectivity index (χ0) is 16.4. The Morgan fingerprint density at radius 1 is 1.09 bits per heavy atom. The number of nitrogens with zero attached hydrogens (tertiary/aromatic N) is 1. The third kappa shape index (κ3) is 3.17. The number of ether oxygens (including phenoxy) is 1. The second-order valence-corrected chi connectivity index (χ2v) is 6.17. The average Bonchev–Trinajstić information content (AvgIpc) is 2.87. The number of nitrogens with one attached hydrogen (secondary N) is 1. The number of benzene rings is 2. The van der Waals surface area contributed by atoms with Crippen molar-refractivity contribution in [3.63, 3.8) is 0 Å². The third-order valence-electron chi connectivity index (χ3n) is 3.87. The maximum atomic E-state index is 11.8.